The monoisotopic (exact) mass is 346 g/mol. The fraction of sp³-hybridized carbons (Fsp3) is 0.308. The molecular weight excluding hydrogens is 333 g/mol. The molecule has 6 nitrogen and oxygen atoms in total. The third-order valence-corrected chi connectivity index (χ3v) is 3.71. The lowest BCUT2D eigenvalue weighted by Crippen LogP contribution is -2.15. The van der Waals surface area contributed by atoms with Gasteiger partial charge in [-0.3, -0.25) is 4.68 Å². The largest absolute Gasteiger partial charge is 0.435 e. The summed E-state index contributed by atoms with van der Waals surface area (Å²) in [6, 6.07) is 4.39. The maximum Gasteiger partial charge on any atom is 0.435 e. The number of carbonyl (C=O) groups is 1. The number of alkyl halides is 3. The molecule has 124 valence electrons. The number of aromatic nitrogens is 2. The van der Waals surface area contributed by atoms with E-state index in [0.717, 1.165) is 10.7 Å². The van der Waals surface area contributed by atoms with Crippen LogP contribution in [0.2, 0.25) is 0 Å². The van der Waals surface area contributed by atoms with Crippen LogP contribution in [0, 0.1) is 6.92 Å². The first-order valence-corrected chi connectivity index (χ1v) is 7.34. The van der Waals surface area contributed by atoms with E-state index in [1.165, 1.54) is 18.3 Å². The summed E-state index contributed by atoms with van der Waals surface area (Å²) in [5.74, 6) is -0.657. The molecule has 2 heterocycles. The lowest BCUT2D eigenvalue weighted by molar-refractivity contribution is -0.144. The molecule has 0 aliphatic rings. The Kier molecular flexibility index (Phi) is 5.04. The van der Waals surface area contributed by atoms with Crippen LogP contribution in [0.15, 0.2) is 28.7 Å². The van der Waals surface area contributed by atoms with E-state index in [9.17, 15) is 18.0 Å². The maximum atomic E-state index is 12.5. The van der Waals surface area contributed by atoms with Gasteiger partial charge in [-0.25, -0.2) is 4.79 Å². The molecule has 2 aromatic heterocycles. The summed E-state index contributed by atoms with van der Waals surface area (Å²) in [5.41, 5.74) is 4.91. The molecule has 0 fully saturated rings. The zero-order chi connectivity index (χ0) is 17.0. The van der Waals surface area contributed by atoms with Crippen LogP contribution in [-0.2, 0) is 22.4 Å². The van der Waals surface area contributed by atoms with Gasteiger partial charge in [0.25, 0.3) is 0 Å². The SMILES string of the molecule is Cc1cc(C(F)(F)F)nn1CCC(=O)O/N=C(\N)c1cccs1. The number of nitrogens with two attached hydrogens (primary N) is 1. The number of hydrogen-bond acceptors (Lipinski definition) is 5. The number of halogens is 3. The van der Waals surface area contributed by atoms with Crippen molar-refractivity contribution in [2.24, 2.45) is 10.9 Å². The topological polar surface area (TPSA) is 82.5 Å². The van der Waals surface area contributed by atoms with Crippen LogP contribution < -0.4 is 5.73 Å². The standard InChI is InChI=1S/C13H13F3N4O2S/c1-8-7-10(13(14,15)16)18-20(8)5-4-11(21)22-19-12(17)9-3-2-6-23-9/h2-3,6-7H,4-5H2,1H3,(H2,17,19). The number of amidine groups is 1. The number of hydrogen-bond donors (Lipinski definition) is 1. The quantitative estimate of drug-likeness (QED) is 0.390. The molecule has 10 heteroatoms. The van der Waals surface area contributed by atoms with Crippen LogP contribution in [0.1, 0.15) is 22.7 Å². The van der Waals surface area contributed by atoms with E-state index >= 15 is 0 Å². The van der Waals surface area contributed by atoms with E-state index < -0.39 is 17.8 Å². The molecule has 0 amide bonds. The van der Waals surface area contributed by atoms with E-state index in [4.69, 9.17) is 5.73 Å². The highest BCUT2D eigenvalue weighted by molar-refractivity contribution is 7.12. The average molecular weight is 346 g/mol. The van der Waals surface area contributed by atoms with E-state index in [-0.39, 0.29) is 18.8 Å². The number of nitrogens with zero attached hydrogens (tertiary/aromatic N) is 3. The zero-order valence-electron chi connectivity index (χ0n) is 12.0. The first kappa shape index (κ1) is 17.0. The Balaban J connectivity index is 1.90. The second kappa shape index (κ2) is 6.82. The minimum Gasteiger partial charge on any atom is -0.380 e. The normalized spacial score (nSPS) is 12.4. The van der Waals surface area contributed by atoms with Gasteiger partial charge in [0, 0.05) is 5.69 Å². The first-order chi connectivity index (χ1) is 10.8. The van der Waals surface area contributed by atoms with Gasteiger partial charge in [0.2, 0.25) is 0 Å². The van der Waals surface area contributed by atoms with Crippen molar-refractivity contribution < 1.29 is 22.8 Å². The lowest BCUT2D eigenvalue weighted by Gasteiger charge is -2.03. The highest BCUT2D eigenvalue weighted by Crippen LogP contribution is 2.28. The molecular formula is C13H13F3N4O2S. The summed E-state index contributed by atoms with van der Waals surface area (Å²) in [5, 5.41) is 8.70. The molecule has 0 saturated carbocycles. The van der Waals surface area contributed by atoms with E-state index in [0.29, 0.717) is 10.6 Å². The van der Waals surface area contributed by atoms with Crippen molar-refractivity contribution in [3.8, 4) is 0 Å². The van der Waals surface area contributed by atoms with Gasteiger partial charge in [0.05, 0.1) is 17.8 Å². The number of thiophene rings is 1. The second-order valence-corrected chi connectivity index (χ2v) is 5.51. The molecule has 0 aliphatic carbocycles. The van der Waals surface area contributed by atoms with Gasteiger partial charge in [0.1, 0.15) is 0 Å². The Labute approximate surface area is 133 Å². The van der Waals surface area contributed by atoms with E-state index in [2.05, 4.69) is 15.1 Å². The Morgan fingerprint density at radius 1 is 1.52 bits per heavy atom. The molecule has 2 aromatic rings. The van der Waals surface area contributed by atoms with E-state index in [1.54, 1.807) is 17.5 Å². The summed E-state index contributed by atoms with van der Waals surface area (Å²) >= 11 is 1.33. The molecule has 0 aromatic carbocycles. The molecule has 0 saturated heterocycles. The predicted molar refractivity (Wildman–Crippen MR) is 77.7 cm³/mol. The van der Waals surface area contributed by atoms with Crippen LogP contribution in [0.4, 0.5) is 13.2 Å². The third-order valence-electron chi connectivity index (χ3n) is 2.82. The number of oxime groups is 1. The van der Waals surface area contributed by atoms with Crippen LogP contribution in [0.3, 0.4) is 0 Å². The molecule has 0 radical (unpaired) electrons. The van der Waals surface area contributed by atoms with Gasteiger partial charge in [-0.2, -0.15) is 18.3 Å². The number of aryl methyl sites for hydroxylation is 2. The Bertz CT molecular complexity index is 707. The summed E-state index contributed by atoms with van der Waals surface area (Å²) < 4.78 is 38.7. The smallest absolute Gasteiger partial charge is 0.380 e. The fourth-order valence-corrected chi connectivity index (χ4v) is 2.31. The second-order valence-electron chi connectivity index (χ2n) is 4.56. The summed E-state index contributed by atoms with van der Waals surface area (Å²) in [4.78, 5) is 16.8. The highest BCUT2D eigenvalue weighted by Gasteiger charge is 2.34. The molecule has 0 bridgehead atoms. The van der Waals surface area contributed by atoms with Crippen LogP contribution in [0.25, 0.3) is 0 Å². The number of carbonyl (C=O) groups excluding carboxylic acids is 1. The van der Waals surface area contributed by atoms with Crippen molar-refractivity contribution in [2.75, 3.05) is 0 Å². The van der Waals surface area contributed by atoms with Crippen molar-refractivity contribution in [2.45, 2.75) is 26.1 Å². The minimum absolute atomic E-state index is 0.0465. The molecule has 0 spiro atoms. The minimum atomic E-state index is -4.52. The molecule has 0 aliphatic heterocycles. The summed E-state index contributed by atoms with van der Waals surface area (Å²) in [7, 11) is 0. The molecule has 2 rings (SSSR count). The summed E-state index contributed by atoms with van der Waals surface area (Å²) in [6.07, 6.45) is -4.70. The maximum absolute atomic E-state index is 12.5. The Hall–Kier alpha value is -2.36. The van der Waals surface area contributed by atoms with Crippen molar-refractivity contribution in [3.05, 3.63) is 39.8 Å². The fourth-order valence-electron chi connectivity index (χ4n) is 1.69. The Morgan fingerprint density at radius 2 is 2.26 bits per heavy atom. The number of rotatable bonds is 5. The van der Waals surface area contributed by atoms with E-state index in [1.807, 2.05) is 0 Å². The van der Waals surface area contributed by atoms with Gasteiger partial charge in [0.15, 0.2) is 11.5 Å². The van der Waals surface area contributed by atoms with Gasteiger partial charge in [-0.15, -0.1) is 11.3 Å². The zero-order valence-corrected chi connectivity index (χ0v) is 12.8. The summed E-state index contributed by atoms with van der Waals surface area (Å²) in [6.45, 7) is 1.43. The third kappa shape index (κ3) is 4.55. The van der Waals surface area contributed by atoms with Gasteiger partial charge in [-0.1, -0.05) is 11.2 Å². The predicted octanol–water partition coefficient (Wildman–Crippen LogP) is 2.53. The van der Waals surface area contributed by atoms with Gasteiger partial charge in [-0.05, 0) is 24.4 Å². The molecule has 2 N–H and O–H groups in total. The van der Waals surface area contributed by atoms with Crippen molar-refractivity contribution >= 4 is 23.1 Å². The molecule has 0 atom stereocenters. The average Bonchev–Trinajstić information content (AvgIpc) is 3.11. The molecule has 0 unspecified atom stereocenters. The highest BCUT2D eigenvalue weighted by atomic mass is 32.1. The first-order valence-electron chi connectivity index (χ1n) is 6.46. The van der Waals surface area contributed by atoms with Gasteiger partial charge < -0.3 is 10.6 Å². The van der Waals surface area contributed by atoms with Gasteiger partial charge >= 0.3 is 12.1 Å². The Morgan fingerprint density at radius 3 is 2.83 bits per heavy atom. The van der Waals surface area contributed by atoms with Crippen molar-refractivity contribution in [1.29, 1.82) is 0 Å². The van der Waals surface area contributed by atoms with Crippen LogP contribution >= 0.6 is 11.3 Å². The lowest BCUT2D eigenvalue weighted by atomic mass is 10.3. The molecule has 23 heavy (non-hydrogen) atoms. The van der Waals surface area contributed by atoms with Crippen LogP contribution in [-0.4, -0.2) is 21.6 Å². The van der Waals surface area contributed by atoms with Crippen molar-refractivity contribution in [3.63, 3.8) is 0 Å². The van der Waals surface area contributed by atoms with Crippen molar-refractivity contribution in [1.82, 2.24) is 9.78 Å². The van der Waals surface area contributed by atoms with Crippen LogP contribution in [0.5, 0.6) is 0 Å².